The number of para-hydroxylation sites is 6. The van der Waals surface area contributed by atoms with Gasteiger partial charge in [-0.1, -0.05) is 133 Å². The van der Waals surface area contributed by atoms with Crippen LogP contribution in [0.1, 0.15) is 42.5 Å². The molecule has 3 nitrogen and oxygen atoms in total. The average molecular weight is 788 g/mol. The highest BCUT2D eigenvalue weighted by Gasteiger charge is 2.22. The van der Waals surface area contributed by atoms with Crippen molar-refractivity contribution in [2.75, 3.05) is 0 Å². The van der Waals surface area contributed by atoms with Gasteiger partial charge in [-0.3, -0.25) is 0 Å². The maximum atomic E-state index is 10.3. The number of fused-ring (bicyclic) bond motifs is 12. The van der Waals surface area contributed by atoms with Gasteiger partial charge in [0.1, 0.15) is 11.2 Å². The van der Waals surface area contributed by atoms with E-state index in [0.29, 0.717) is 11.3 Å². The van der Waals surface area contributed by atoms with Crippen molar-refractivity contribution in [1.82, 2.24) is 9.13 Å². The van der Waals surface area contributed by atoms with Crippen LogP contribution in [0.2, 0.25) is 0 Å². The van der Waals surface area contributed by atoms with Crippen LogP contribution < -0.4 is 0 Å². The molecule has 0 bridgehead atoms. The second-order valence-corrected chi connectivity index (χ2v) is 13.9. The molecule has 0 radical (unpaired) electrons. The Morgan fingerprint density at radius 3 is 1.90 bits per heavy atom. The number of hydrogen-bond donors (Lipinski definition) is 0. The number of thiophene rings is 1. The molecular weight excluding hydrogens is 725 g/mol. The molecular formula is C54H32N2OS. The van der Waals surface area contributed by atoms with E-state index in [4.69, 9.17) is 30.5 Å². The van der Waals surface area contributed by atoms with E-state index in [1.54, 1.807) is 0 Å². The van der Waals surface area contributed by atoms with E-state index in [2.05, 4.69) is 0 Å². The van der Waals surface area contributed by atoms with Crippen LogP contribution in [0, 0.1) is 0 Å². The average Bonchev–Trinajstić information content (AvgIpc) is 1.56. The minimum atomic E-state index is -1.09. The highest BCUT2D eigenvalue weighted by atomic mass is 32.1. The Hall–Kier alpha value is -7.40. The van der Waals surface area contributed by atoms with Gasteiger partial charge in [0, 0.05) is 80.6 Å². The molecule has 0 aliphatic rings. The monoisotopic (exact) mass is 787 g/mol. The van der Waals surface area contributed by atoms with Gasteiger partial charge in [0.25, 0.3) is 0 Å². The summed E-state index contributed by atoms with van der Waals surface area (Å²) < 4.78 is 291. The van der Waals surface area contributed by atoms with Crippen molar-refractivity contribution in [3.05, 3.63) is 193 Å². The third-order valence-electron chi connectivity index (χ3n) is 9.89. The highest BCUT2D eigenvalue weighted by molar-refractivity contribution is 7.26. The second-order valence-electron chi connectivity index (χ2n) is 12.9. The molecule has 0 aliphatic heterocycles. The summed E-state index contributed by atoms with van der Waals surface area (Å²) in [6.45, 7) is 0. The van der Waals surface area contributed by atoms with E-state index in [1.165, 1.54) is 0 Å². The summed E-state index contributed by atoms with van der Waals surface area (Å²) >= 11 is 0.677. The van der Waals surface area contributed by atoms with Gasteiger partial charge in [-0.25, -0.2) is 0 Å². The van der Waals surface area contributed by atoms with E-state index in [9.17, 15) is 16.4 Å². The molecule has 4 heteroatoms. The topological polar surface area (TPSA) is 23.0 Å². The molecule has 0 amide bonds. The van der Waals surface area contributed by atoms with Crippen molar-refractivity contribution in [1.29, 1.82) is 0 Å². The van der Waals surface area contributed by atoms with Crippen LogP contribution in [-0.4, -0.2) is 9.13 Å². The molecule has 0 atom stereocenters. The van der Waals surface area contributed by atoms with Crippen LogP contribution in [0.25, 0.3) is 119 Å². The van der Waals surface area contributed by atoms with E-state index < -0.39 is 270 Å². The second kappa shape index (κ2) is 12.1. The summed E-state index contributed by atoms with van der Waals surface area (Å²) in [7, 11) is 0. The number of benzene rings is 9. The van der Waals surface area contributed by atoms with Crippen LogP contribution in [0.4, 0.5) is 0 Å². The lowest BCUT2D eigenvalue weighted by molar-refractivity contribution is 0.670. The number of hydrogen-bond acceptors (Lipinski definition) is 2. The van der Waals surface area contributed by atoms with Gasteiger partial charge in [0.05, 0.1) is 64.6 Å². The lowest BCUT2D eigenvalue weighted by Crippen LogP contribution is -1.96. The zero-order valence-corrected chi connectivity index (χ0v) is 29.6. The largest absolute Gasteiger partial charge is 0.455 e. The van der Waals surface area contributed by atoms with Crippen LogP contribution in [0.15, 0.2) is 198 Å². The van der Waals surface area contributed by atoms with Gasteiger partial charge in [-0.05, 0) is 66.0 Å². The van der Waals surface area contributed by atoms with Gasteiger partial charge in [0.15, 0.2) is 0 Å². The first-order valence-electron chi connectivity index (χ1n) is 32.7. The number of rotatable bonds is 4. The fourth-order valence-corrected chi connectivity index (χ4v) is 8.62. The van der Waals surface area contributed by atoms with Gasteiger partial charge in [0.2, 0.25) is 0 Å². The summed E-state index contributed by atoms with van der Waals surface area (Å²) in [6, 6.07) is -25.8. The Morgan fingerprint density at radius 2 is 1.05 bits per heavy atom. The number of aromatic nitrogens is 2. The molecule has 13 rings (SSSR count). The standard InChI is InChI=1S/C54H32N2OS/c1-2-14-34(15-3-1)56-48-25-9-4-16-37(48)41-21-12-20-36(52(41)56)33-28-29-49-44(30-33)38-17-5-8-24-47(38)55(49)35-31-45-40-19-7-11-27-51(40)58-54(45)46(32-35)43-23-13-22-42-39-18-6-10-26-50(39)57-53(42)43/h1-32H/i1D,2D,3D,4D,5D,6D,7D,8D,9D,10D,11D,12D,13D,14D,15D,16D,17D,18D,19D,20D,21D,22D,23D,24D,25D,26D,27D,28D,29D,30D,31D. The number of furan rings is 1. The van der Waals surface area contributed by atoms with E-state index in [1.807, 2.05) is 0 Å². The van der Waals surface area contributed by atoms with Gasteiger partial charge in [-0.15, -0.1) is 11.3 Å². The number of nitrogens with zero attached hydrogens (tertiary/aromatic N) is 2. The molecule has 9 aromatic carbocycles. The first-order valence-corrected chi connectivity index (χ1v) is 18.1. The first kappa shape index (κ1) is 14.2. The zero-order valence-electron chi connectivity index (χ0n) is 59.8. The molecule has 0 spiro atoms. The Bertz CT molecular complexity index is 5610. The van der Waals surface area contributed by atoms with Gasteiger partial charge < -0.3 is 13.6 Å². The third-order valence-corrected chi connectivity index (χ3v) is 11.0. The Kier molecular flexibility index (Phi) is 2.95. The minimum absolute atomic E-state index is 0.126. The fraction of sp³-hybridized carbons (Fsp3) is 0. The predicted octanol–water partition coefficient (Wildman–Crippen LogP) is 15.5. The van der Waals surface area contributed by atoms with Crippen molar-refractivity contribution in [3.8, 4) is 33.6 Å². The SMILES string of the molecule is [2H]c1c([2H])c([2H])c(-n2c3c([2H])c([2H])c([2H])c([2H])c3c3c([2H])c([2H])c([2H])c(-c4c([2H])c([2H])c5c(c4[2H])c4c([2H])c([2H])c([2H])c([2H])c4n5-c4cc(-c5c([2H])c([2H])c([2H])c6c5oc5c([2H])c([2H])c([2H])c([2H])c56)c5sc6c([2H])c([2H])c([2H])c([2H])c6c5c4[2H])c32)c([2H])c1[2H]. The Morgan fingerprint density at radius 1 is 0.414 bits per heavy atom. The quantitative estimate of drug-likeness (QED) is 0.174. The summed E-state index contributed by atoms with van der Waals surface area (Å²) in [5, 5.41) is -3.85. The molecule has 270 valence electrons. The zero-order chi connectivity index (χ0) is 64.9. The van der Waals surface area contributed by atoms with Crippen molar-refractivity contribution in [2.24, 2.45) is 0 Å². The van der Waals surface area contributed by atoms with Crippen molar-refractivity contribution >= 4 is 97.1 Å². The molecule has 0 fully saturated rings. The van der Waals surface area contributed by atoms with E-state index >= 15 is 0 Å². The maximum absolute atomic E-state index is 10.3. The molecule has 0 unspecified atom stereocenters. The van der Waals surface area contributed by atoms with E-state index in [0.717, 1.165) is 15.2 Å². The normalized spacial score (nSPS) is 19.6. The van der Waals surface area contributed by atoms with Gasteiger partial charge >= 0.3 is 0 Å². The molecule has 13 aromatic rings. The van der Waals surface area contributed by atoms with Crippen molar-refractivity contribution in [2.45, 2.75) is 0 Å². The lowest BCUT2D eigenvalue weighted by atomic mass is 9.99. The van der Waals surface area contributed by atoms with Crippen LogP contribution in [-0.2, 0) is 0 Å². The lowest BCUT2D eigenvalue weighted by Gasteiger charge is -2.13. The molecule has 0 N–H and O–H groups in total. The summed E-state index contributed by atoms with van der Waals surface area (Å²) in [5.41, 5.74) is -7.43. The molecule has 4 heterocycles. The molecule has 58 heavy (non-hydrogen) atoms. The summed E-state index contributed by atoms with van der Waals surface area (Å²) in [4.78, 5) is 0. The smallest absolute Gasteiger partial charge is 0.143 e. The predicted molar refractivity (Wildman–Crippen MR) is 246 cm³/mol. The van der Waals surface area contributed by atoms with Crippen LogP contribution >= 0.6 is 11.3 Å². The van der Waals surface area contributed by atoms with Gasteiger partial charge in [-0.2, -0.15) is 0 Å². The first-order chi connectivity index (χ1) is 41.7. The van der Waals surface area contributed by atoms with Crippen molar-refractivity contribution in [3.63, 3.8) is 0 Å². The van der Waals surface area contributed by atoms with E-state index in [-0.39, 0.29) is 36.5 Å². The summed E-state index contributed by atoms with van der Waals surface area (Å²) in [5.74, 6) is 0. The Labute approximate surface area is 380 Å². The minimum Gasteiger partial charge on any atom is -0.455 e. The molecule has 4 aromatic heterocycles. The summed E-state index contributed by atoms with van der Waals surface area (Å²) in [6.07, 6.45) is 0. The fourth-order valence-electron chi connectivity index (χ4n) is 7.53. The van der Waals surface area contributed by atoms with Crippen LogP contribution in [0.3, 0.4) is 0 Å². The molecule has 0 aliphatic carbocycles. The maximum Gasteiger partial charge on any atom is 0.143 e. The van der Waals surface area contributed by atoms with Crippen LogP contribution in [0.5, 0.6) is 0 Å². The highest BCUT2D eigenvalue weighted by Crippen LogP contribution is 2.46. The molecule has 0 saturated heterocycles. The molecule has 0 saturated carbocycles. The third kappa shape index (κ3) is 4.43. The van der Waals surface area contributed by atoms with Crippen molar-refractivity contribution < 1.29 is 46.9 Å². The Balaban J connectivity index is 1.28.